The molecule has 5 nitrogen and oxygen atoms in total. The largest absolute Gasteiger partial charge is 0.368 e. The Morgan fingerprint density at radius 1 is 1.03 bits per heavy atom. The van der Waals surface area contributed by atoms with Gasteiger partial charge in [0.05, 0.1) is 17.8 Å². The molecule has 4 atom stereocenters. The van der Waals surface area contributed by atoms with Crippen LogP contribution in [0.2, 0.25) is 0 Å². The molecule has 5 heteroatoms. The number of rotatable bonds is 8. The molecule has 1 N–H and O–H groups in total. The summed E-state index contributed by atoms with van der Waals surface area (Å²) < 4.78 is 1.82. The summed E-state index contributed by atoms with van der Waals surface area (Å²) in [6, 6.07) is 20.9. The van der Waals surface area contributed by atoms with E-state index in [4.69, 9.17) is 0 Å². The predicted molar refractivity (Wildman–Crippen MR) is 133 cm³/mol. The Bertz CT molecular complexity index is 1060. The lowest BCUT2D eigenvalue weighted by molar-refractivity contribution is -0.126. The first-order valence-electron chi connectivity index (χ1n) is 11.9. The molecule has 2 aromatic carbocycles. The maximum atomic E-state index is 13.1. The number of carbonyl (C=O) groups excluding carboxylic acids is 1. The lowest BCUT2D eigenvalue weighted by atomic mass is 9.90. The highest BCUT2D eigenvalue weighted by molar-refractivity contribution is 5.79. The molecule has 1 aromatic heterocycles. The summed E-state index contributed by atoms with van der Waals surface area (Å²) in [6.07, 6.45) is 5.95. The monoisotopic (exact) mass is 442 g/mol. The highest BCUT2D eigenvalue weighted by atomic mass is 16.1. The SMILES string of the molecule is C=C([C@@H](C)C(C)C(=O)NC(C)c1ccc(-n2cccn2)cc1)N1CCCC1c1ccccc1. The van der Waals surface area contributed by atoms with Crippen LogP contribution in [0.4, 0.5) is 0 Å². The molecule has 1 aliphatic rings. The van der Waals surface area contributed by atoms with Crippen LogP contribution in [-0.2, 0) is 4.79 Å². The van der Waals surface area contributed by atoms with E-state index in [0.29, 0.717) is 6.04 Å². The lowest BCUT2D eigenvalue weighted by Gasteiger charge is -2.34. The number of amides is 1. The van der Waals surface area contributed by atoms with E-state index in [0.717, 1.165) is 36.3 Å². The van der Waals surface area contributed by atoms with Crippen molar-refractivity contribution in [3.05, 3.63) is 96.5 Å². The smallest absolute Gasteiger partial charge is 0.223 e. The number of aromatic nitrogens is 2. The van der Waals surface area contributed by atoms with Gasteiger partial charge in [-0.05, 0) is 49.1 Å². The van der Waals surface area contributed by atoms with Gasteiger partial charge in [-0.3, -0.25) is 4.79 Å². The number of allylic oxidation sites excluding steroid dienone is 1. The van der Waals surface area contributed by atoms with E-state index in [2.05, 4.69) is 59.1 Å². The minimum Gasteiger partial charge on any atom is -0.368 e. The maximum absolute atomic E-state index is 13.1. The molecule has 1 amide bonds. The van der Waals surface area contributed by atoms with Crippen molar-refractivity contribution in [1.82, 2.24) is 20.0 Å². The number of carbonyl (C=O) groups is 1. The molecular formula is C28H34N4O. The first kappa shape index (κ1) is 22.8. The molecule has 3 unspecified atom stereocenters. The Kier molecular flexibility index (Phi) is 6.97. The summed E-state index contributed by atoms with van der Waals surface area (Å²) in [5, 5.41) is 7.46. The second-order valence-corrected chi connectivity index (χ2v) is 9.10. The van der Waals surface area contributed by atoms with Crippen molar-refractivity contribution >= 4 is 5.91 Å². The summed E-state index contributed by atoms with van der Waals surface area (Å²) in [4.78, 5) is 15.5. The molecule has 2 heterocycles. The van der Waals surface area contributed by atoms with E-state index >= 15 is 0 Å². The van der Waals surface area contributed by atoms with Gasteiger partial charge in [0.15, 0.2) is 0 Å². The summed E-state index contributed by atoms with van der Waals surface area (Å²) in [7, 11) is 0. The number of hydrogen-bond acceptors (Lipinski definition) is 3. The fraction of sp³-hybridized carbons (Fsp3) is 0.357. The third kappa shape index (κ3) is 5.03. The molecular weight excluding hydrogens is 408 g/mol. The zero-order valence-corrected chi connectivity index (χ0v) is 19.8. The predicted octanol–water partition coefficient (Wildman–Crippen LogP) is 5.67. The highest BCUT2D eigenvalue weighted by Crippen LogP contribution is 2.38. The Labute approximate surface area is 197 Å². The molecule has 0 saturated carbocycles. The minimum absolute atomic E-state index is 0.0581. The van der Waals surface area contributed by atoms with Crippen molar-refractivity contribution in [3.63, 3.8) is 0 Å². The fourth-order valence-electron chi connectivity index (χ4n) is 4.67. The van der Waals surface area contributed by atoms with Gasteiger partial charge in [-0.25, -0.2) is 4.68 Å². The zero-order valence-electron chi connectivity index (χ0n) is 19.8. The van der Waals surface area contributed by atoms with Gasteiger partial charge in [0.1, 0.15) is 0 Å². The summed E-state index contributed by atoms with van der Waals surface area (Å²) in [5.41, 5.74) is 4.45. The Balaban J connectivity index is 1.37. The highest BCUT2D eigenvalue weighted by Gasteiger charge is 2.32. The fourth-order valence-corrected chi connectivity index (χ4v) is 4.67. The third-order valence-electron chi connectivity index (χ3n) is 7.02. The molecule has 1 saturated heterocycles. The molecule has 33 heavy (non-hydrogen) atoms. The molecule has 1 aliphatic heterocycles. The van der Waals surface area contributed by atoms with Gasteiger partial charge < -0.3 is 10.2 Å². The molecule has 0 aliphatic carbocycles. The number of hydrogen-bond donors (Lipinski definition) is 1. The Morgan fingerprint density at radius 2 is 1.76 bits per heavy atom. The second kappa shape index (κ2) is 10.1. The molecule has 1 fully saturated rings. The van der Waals surface area contributed by atoms with E-state index < -0.39 is 0 Å². The van der Waals surface area contributed by atoms with E-state index in [-0.39, 0.29) is 23.8 Å². The molecule has 0 radical (unpaired) electrons. The molecule has 0 spiro atoms. The van der Waals surface area contributed by atoms with Crippen LogP contribution < -0.4 is 5.32 Å². The number of nitrogens with one attached hydrogen (secondary N) is 1. The maximum Gasteiger partial charge on any atom is 0.223 e. The third-order valence-corrected chi connectivity index (χ3v) is 7.02. The van der Waals surface area contributed by atoms with E-state index in [1.807, 2.05) is 55.1 Å². The summed E-state index contributed by atoms with van der Waals surface area (Å²) in [6.45, 7) is 11.6. The topological polar surface area (TPSA) is 50.2 Å². The van der Waals surface area contributed by atoms with Gasteiger partial charge >= 0.3 is 0 Å². The number of likely N-dealkylation sites (tertiary alicyclic amines) is 1. The van der Waals surface area contributed by atoms with Crippen LogP contribution in [0.25, 0.3) is 5.69 Å². The van der Waals surface area contributed by atoms with Crippen molar-refractivity contribution in [2.24, 2.45) is 11.8 Å². The van der Waals surface area contributed by atoms with Crippen LogP contribution in [0.5, 0.6) is 0 Å². The molecule has 3 aromatic rings. The van der Waals surface area contributed by atoms with Crippen LogP contribution >= 0.6 is 0 Å². The normalized spacial score (nSPS) is 18.5. The van der Waals surface area contributed by atoms with Crippen molar-refractivity contribution < 1.29 is 4.79 Å². The Morgan fingerprint density at radius 3 is 2.42 bits per heavy atom. The van der Waals surface area contributed by atoms with Crippen LogP contribution in [-0.4, -0.2) is 27.1 Å². The average Bonchev–Trinajstić information content (AvgIpc) is 3.56. The van der Waals surface area contributed by atoms with Crippen molar-refractivity contribution in [1.29, 1.82) is 0 Å². The number of benzene rings is 2. The van der Waals surface area contributed by atoms with Crippen molar-refractivity contribution in [2.75, 3.05) is 6.54 Å². The molecule has 172 valence electrons. The van der Waals surface area contributed by atoms with Crippen LogP contribution in [0.3, 0.4) is 0 Å². The standard InChI is InChI=1S/C28H34N4O/c1-20(23(4)31-18-8-12-27(31)25-10-6-5-7-11-25)21(2)28(33)30-22(3)24-13-15-26(16-14-24)32-19-9-17-29-32/h5-7,9-11,13-17,19-22,27H,4,8,12,18H2,1-3H3,(H,30,33)/t20-,21?,22?,27?/m0/s1. The summed E-state index contributed by atoms with van der Waals surface area (Å²) in [5.74, 6) is -0.0493. The zero-order chi connectivity index (χ0) is 23.4. The van der Waals surface area contributed by atoms with Gasteiger partial charge in [-0.1, -0.05) is 62.9 Å². The first-order valence-corrected chi connectivity index (χ1v) is 11.9. The van der Waals surface area contributed by atoms with Gasteiger partial charge in [0.25, 0.3) is 0 Å². The summed E-state index contributed by atoms with van der Waals surface area (Å²) >= 11 is 0. The lowest BCUT2D eigenvalue weighted by Crippen LogP contribution is -2.37. The molecule has 0 bridgehead atoms. The molecule has 4 rings (SSSR count). The minimum atomic E-state index is -0.166. The Hall–Kier alpha value is -3.34. The van der Waals surface area contributed by atoms with E-state index in [1.165, 1.54) is 5.56 Å². The van der Waals surface area contributed by atoms with Crippen LogP contribution in [0.15, 0.2) is 85.3 Å². The van der Waals surface area contributed by atoms with Crippen LogP contribution in [0, 0.1) is 11.8 Å². The first-order chi connectivity index (χ1) is 16.0. The number of nitrogens with zero attached hydrogens (tertiary/aromatic N) is 3. The van der Waals surface area contributed by atoms with Gasteiger partial charge in [0.2, 0.25) is 5.91 Å². The van der Waals surface area contributed by atoms with Gasteiger partial charge in [-0.2, -0.15) is 5.10 Å². The van der Waals surface area contributed by atoms with Crippen molar-refractivity contribution in [3.8, 4) is 5.69 Å². The quantitative estimate of drug-likeness (QED) is 0.489. The van der Waals surface area contributed by atoms with E-state index in [9.17, 15) is 4.79 Å². The van der Waals surface area contributed by atoms with Crippen molar-refractivity contribution in [2.45, 2.75) is 45.7 Å². The van der Waals surface area contributed by atoms with Gasteiger partial charge in [-0.15, -0.1) is 0 Å². The van der Waals surface area contributed by atoms with Gasteiger partial charge in [0, 0.05) is 36.5 Å². The second-order valence-electron chi connectivity index (χ2n) is 9.10. The van der Waals surface area contributed by atoms with Crippen LogP contribution in [0.1, 0.15) is 56.8 Å². The average molecular weight is 443 g/mol. The van der Waals surface area contributed by atoms with E-state index in [1.54, 1.807) is 6.20 Å².